The van der Waals surface area contributed by atoms with Crippen LogP contribution in [-0.4, -0.2) is 0 Å². The summed E-state index contributed by atoms with van der Waals surface area (Å²) in [6.45, 7) is 7.29. The van der Waals surface area contributed by atoms with Gasteiger partial charge in [0.1, 0.15) is 0 Å². The van der Waals surface area contributed by atoms with E-state index in [2.05, 4.69) is 20.8 Å². The molecule has 2 rings (SSSR count). The van der Waals surface area contributed by atoms with E-state index in [1.807, 2.05) is 0 Å². The van der Waals surface area contributed by atoms with E-state index in [0.29, 0.717) is 0 Å². The van der Waals surface area contributed by atoms with Crippen LogP contribution in [0.4, 0.5) is 0 Å². The minimum atomic E-state index is 1.04. The maximum absolute atomic E-state index is 2.50. The average molecular weight is 166 g/mol. The molecular formula is C12H22. The lowest BCUT2D eigenvalue weighted by Crippen LogP contribution is -2.19. The molecule has 0 aromatic rings. The zero-order chi connectivity index (χ0) is 8.72. The van der Waals surface area contributed by atoms with Gasteiger partial charge in [0.05, 0.1) is 0 Å². The summed E-state index contributed by atoms with van der Waals surface area (Å²) >= 11 is 0. The van der Waals surface area contributed by atoms with Crippen LogP contribution in [0.5, 0.6) is 0 Å². The van der Waals surface area contributed by atoms with Crippen LogP contribution in [-0.2, 0) is 0 Å². The first kappa shape index (κ1) is 8.59. The highest BCUT2D eigenvalue weighted by molar-refractivity contribution is 5.01. The molecule has 2 fully saturated rings. The largest absolute Gasteiger partial charge is 0.0654 e. The molecule has 0 aromatic heterocycles. The normalized spacial score (nSPS) is 51.8. The van der Waals surface area contributed by atoms with Crippen molar-refractivity contribution >= 4 is 0 Å². The molecule has 0 radical (unpaired) electrons. The Hall–Kier alpha value is 0. The molecule has 12 heavy (non-hydrogen) atoms. The van der Waals surface area contributed by atoms with Crippen LogP contribution in [0.3, 0.4) is 0 Å². The van der Waals surface area contributed by atoms with Gasteiger partial charge in [-0.2, -0.15) is 0 Å². The summed E-state index contributed by atoms with van der Waals surface area (Å²) < 4.78 is 0. The summed E-state index contributed by atoms with van der Waals surface area (Å²) in [4.78, 5) is 0. The van der Waals surface area contributed by atoms with E-state index in [9.17, 15) is 0 Å². The van der Waals surface area contributed by atoms with Gasteiger partial charge in [0.15, 0.2) is 0 Å². The van der Waals surface area contributed by atoms with Gasteiger partial charge in [0.2, 0.25) is 0 Å². The van der Waals surface area contributed by atoms with Crippen LogP contribution in [0, 0.1) is 29.6 Å². The Morgan fingerprint density at radius 2 is 1.83 bits per heavy atom. The van der Waals surface area contributed by atoms with E-state index in [-0.39, 0.29) is 0 Å². The van der Waals surface area contributed by atoms with E-state index >= 15 is 0 Å². The Bertz CT molecular complexity index is 161. The molecule has 2 saturated carbocycles. The van der Waals surface area contributed by atoms with Gasteiger partial charge in [-0.25, -0.2) is 0 Å². The van der Waals surface area contributed by atoms with Crippen molar-refractivity contribution in [3.63, 3.8) is 0 Å². The van der Waals surface area contributed by atoms with Crippen molar-refractivity contribution in [2.75, 3.05) is 0 Å². The highest BCUT2D eigenvalue weighted by Crippen LogP contribution is 2.59. The number of hydrogen-bond donors (Lipinski definition) is 0. The summed E-state index contributed by atoms with van der Waals surface area (Å²) in [5.74, 6) is 5.44. The SMILES string of the molecule is CCCC1CCC2C(C)C2C1C. The fourth-order valence-corrected chi connectivity index (χ4v) is 3.67. The summed E-state index contributed by atoms with van der Waals surface area (Å²) in [6.07, 6.45) is 5.94. The van der Waals surface area contributed by atoms with Crippen molar-refractivity contribution in [3.8, 4) is 0 Å². The van der Waals surface area contributed by atoms with Gasteiger partial charge >= 0.3 is 0 Å². The fraction of sp³-hybridized carbons (Fsp3) is 1.00. The van der Waals surface area contributed by atoms with Gasteiger partial charge in [-0.3, -0.25) is 0 Å². The van der Waals surface area contributed by atoms with Crippen LogP contribution in [0.2, 0.25) is 0 Å². The molecule has 2 aliphatic carbocycles. The van der Waals surface area contributed by atoms with Crippen molar-refractivity contribution in [2.45, 2.75) is 46.5 Å². The first-order valence-electron chi connectivity index (χ1n) is 5.75. The van der Waals surface area contributed by atoms with Crippen molar-refractivity contribution in [2.24, 2.45) is 29.6 Å². The highest BCUT2D eigenvalue weighted by atomic mass is 14.6. The van der Waals surface area contributed by atoms with Gasteiger partial charge in [0, 0.05) is 0 Å². The van der Waals surface area contributed by atoms with Crippen LogP contribution in [0.15, 0.2) is 0 Å². The van der Waals surface area contributed by atoms with E-state index < -0.39 is 0 Å². The third-order valence-electron chi connectivity index (χ3n) is 4.52. The van der Waals surface area contributed by atoms with E-state index in [4.69, 9.17) is 0 Å². The van der Waals surface area contributed by atoms with Gasteiger partial charge < -0.3 is 0 Å². The van der Waals surface area contributed by atoms with Crippen molar-refractivity contribution in [1.82, 2.24) is 0 Å². The monoisotopic (exact) mass is 166 g/mol. The molecular weight excluding hydrogens is 144 g/mol. The smallest absolute Gasteiger partial charge is 0.0326 e. The quantitative estimate of drug-likeness (QED) is 0.586. The Morgan fingerprint density at radius 1 is 1.08 bits per heavy atom. The molecule has 0 bridgehead atoms. The van der Waals surface area contributed by atoms with Crippen LogP contribution >= 0.6 is 0 Å². The second kappa shape index (κ2) is 3.05. The third-order valence-corrected chi connectivity index (χ3v) is 4.52. The zero-order valence-corrected chi connectivity index (χ0v) is 8.72. The maximum atomic E-state index is 2.50. The second-order valence-corrected chi connectivity index (χ2v) is 5.09. The molecule has 0 amide bonds. The van der Waals surface area contributed by atoms with Crippen LogP contribution in [0.25, 0.3) is 0 Å². The lowest BCUT2D eigenvalue weighted by atomic mass is 9.78. The van der Waals surface area contributed by atoms with Crippen LogP contribution in [0.1, 0.15) is 46.5 Å². The highest BCUT2D eigenvalue weighted by Gasteiger charge is 2.53. The molecule has 0 saturated heterocycles. The Morgan fingerprint density at radius 3 is 2.50 bits per heavy atom. The Balaban J connectivity index is 1.93. The minimum absolute atomic E-state index is 1.04. The molecule has 0 N–H and O–H groups in total. The summed E-state index contributed by atoms with van der Waals surface area (Å²) in [5.41, 5.74) is 0. The third kappa shape index (κ3) is 1.20. The topological polar surface area (TPSA) is 0 Å². The lowest BCUT2D eigenvalue weighted by Gasteiger charge is -2.28. The Kier molecular flexibility index (Phi) is 2.18. The maximum Gasteiger partial charge on any atom is -0.0326 e. The van der Waals surface area contributed by atoms with E-state index in [1.54, 1.807) is 6.42 Å². The summed E-state index contributed by atoms with van der Waals surface area (Å²) in [7, 11) is 0. The molecule has 0 heteroatoms. The molecule has 0 heterocycles. The molecule has 5 atom stereocenters. The molecule has 0 aliphatic heterocycles. The number of hydrogen-bond acceptors (Lipinski definition) is 0. The molecule has 0 nitrogen and oxygen atoms in total. The van der Waals surface area contributed by atoms with Gasteiger partial charge in [-0.15, -0.1) is 0 Å². The van der Waals surface area contributed by atoms with Gasteiger partial charge in [-0.05, 0) is 42.4 Å². The lowest BCUT2D eigenvalue weighted by molar-refractivity contribution is 0.224. The van der Waals surface area contributed by atoms with E-state index in [0.717, 1.165) is 29.6 Å². The van der Waals surface area contributed by atoms with Crippen molar-refractivity contribution in [3.05, 3.63) is 0 Å². The van der Waals surface area contributed by atoms with Crippen molar-refractivity contribution in [1.29, 1.82) is 0 Å². The Labute approximate surface area is 76.7 Å². The average Bonchev–Trinajstić information content (AvgIpc) is 2.70. The van der Waals surface area contributed by atoms with Crippen molar-refractivity contribution < 1.29 is 0 Å². The minimum Gasteiger partial charge on any atom is -0.0654 e. The molecule has 0 aromatic carbocycles. The first-order valence-corrected chi connectivity index (χ1v) is 5.75. The van der Waals surface area contributed by atoms with E-state index in [1.165, 1.54) is 19.3 Å². The van der Waals surface area contributed by atoms with Gasteiger partial charge in [-0.1, -0.05) is 33.6 Å². The molecule has 0 spiro atoms. The second-order valence-electron chi connectivity index (χ2n) is 5.09. The molecule has 2 aliphatic rings. The molecule has 70 valence electrons. The summed E-state index contributed by atoms with van der Waals surface area (Å²) in [5, 5.41) is 0. The number of fused-ring (bicyclic) bond motifs is 1. The van der Waals surface area contributed by atoms with Crippen LogP contribution < -0.4 is 0 Å². The zero-order valence-electron chi connectivity index (χ0n) is 8.72. The summed E-state index contributed by atoms with van der Waals surface area (Å²) in [6, 6.07) is 0. The molecule has 5 unspecified atom stereocenters. The fourth-order valence-electron chi connectivity index (χ4n) is 3.67. The predicted octanol–water partition coefficient (Wildman–Crippen LogP) is 3.71. The number of rotatable bonds is 2. The first-order chi connectivity index (χ1) is 5.75. The predicted molar refractivity (Wildman–Crippen MR) is 52.9 cm³/mol. The van der Waals surface area contributed by atoms with Gasteiger partial charge in [0.25, 0.3) is 0 Å². The standard InChI is InChI=1S/C12H22/c1-4-5-10-6-7-11-9(3)12(11)8(10)2/h8-12H,4-7H2,1-3H3.